The van der Waals surface area contributed by atoms with Crippen LogP contribution in [0.25, 0.3) is 0 Å². The van der Waals surface area contributed by atoms with Gasteiger partial charge in [0.05, 0.1) is 0 Å². The van der Waals surface area contributed by atoms with Gasteiger partial charge in [0.15, 0.2) is 0 Å². The van der Waals surface area contributed by atoms with Crippen molar-refractivity contribution in [3.05, 3.63) is 43.6 Å². The summed E-state index contributed by atoms with van der Waals surface area (Å²) in [6, 6.07) is 0. The van der Waals surface area contributed by atoms with Crippen molar-refractivity contribution in [1.29, 1.82) is 0 Å². The molecule has 4 aliphatic rings. The zero-order valence-corrected chi connectivity index (χ0v) is 34.0. The van der Waals surface area contributed by atoms with E-state index in [4.69, 9.17) is 5.11 Å². The molecule has 4 saturated carbocycles. The van der Waals surface area contributed by atoms with Gasteiger partial charge in [0, 0.05) is 6.61 Å². The minimum Gasteiger partial charge on any atom is -0.399 e. The zero-order valence-electron chi connectivity index (χ0n) is 28.8. The van der Waals surface area contributed by atoms with E-state index in [1.807, 2.05) is 27.7 Å². The van der Waals surface area contributed by atoms with E-state index in [1.54, 1.807) is 0 Å². The van der Waals surface area contributed by atoms with Crippen LogP contribution in [-0.2, 0) is 55.2 Å². The molecule has 0 aromatic heterocycles. The van der Waals surface area contributed by atoms with Crippen molar-refractivity contribution in [3.8, 4) is 0 Å². The Morgan fingerprint density at radius 1 is 0.525 bits per heavy atom. The second-order valence-electron chi connectivity index (χ2n) is 9.67. The predicted octanol–water partition coefficient (Wildman–Crippen LogP) is 11.5. The molecule has 4 fully saturated rings. The molecular formula is C35H77Fe2NOW. The van der Waals surface area contributed by atoms with Crippen molar-refractivity contribution in [2.24, 2.45) is 11.8 Å². The Labute approximate surface area is 294 Å². The van der Waals surface area contributed by atoms with Crippen LogP contribution in [0, 0.1) is 55.4 Å². The van der Waals surface area contributed by atoms with Crippen molar-refractivity contribution in [3.63, 3.8) is 0 Å². The summed E-state index contributed by atoms with van der Waals surface area (Å²) in [5.41, 5.74) is 0. The van der Waals surface area contributed by atoms with Gasteiger partial charge < -0.3 is 53.6 Å². The Bertz CT molecular complexity index is 286. The van der Waals surface area contributed by atoms with Crippen LogP contribution < -0.4 is 0 Å². The topological polar surface area (TPSA) is 23.5 Å². The monoisotopic (exact) mass is 823 g/mol. The molecule has 2 nitrogen and oxygen atoms in total. The Hall–Kier alpha value is 1.65. The summed E-state index contributed by atoms with van der Waals surface area (Å²) in [7, 11) is 0. The third-order valence-corrected chi connectivity index (χ3v) is 6.96. The maximum atomic E-state index is 7.81. The Balaban J connectivity index is -0.0000000470. The second kappa shape index (κ2) is 56.4. The van der Waals surface area contributed by atoms with Gasteiger partial charge in [0.1, 0.15) is 0 Å². The van der Waals surface area contributed by atoms with Crippen LogP contribution in [0.2, 0.25) is 0 Å². The molecule has 0 aromatic rings. The molecule has 0 atom stereocenters. The summed E-state index contributed by atoms with van der Waals surface area (Å²) in [5.74, 6) is 1.99. The summed E-state index contributed by atoms with van der Waals surface area (Å²) in [5, 5.41) is 7.81. The van der Waals surface area contributed by atoms with Gasteiger partial charge in [-0.2, -0.15) is 6.42 Å². The number of aliphatic hydroxyl groups excluding tert-OH is 1. The number of aliphatic hydroxyl groups is 1. The van der Waals surface area contributed by atoms with E-state index < -0.39 is 0 Å². The number of hydrogen-bond acceptors (Lipinski definition) is 2. The van der Waals surface area contributed by atoms with Crippen molar-refractivity contribution in [1.82, 2.24) is 4.90 Å². The van der Waals surface area contributed by atoms with Crippen LogP contribution in [0.3, 0.4) is 0 Å². The molecule has 1 N–H and O–H groups in total. The molecular weight excluding hydrogens is 746 g/mol. The number of hydrogen-bond donors (Lipinski definition) is 1. The van der Waals surface area contributed by atoms with E-state index in [9.17, 15) is 0 Å². The van der Waals surface area contributed by atoms with Gasteiger partial charge in [-0.1, -0.05) is 118 Å². The molecule has 0 aliphatic heterocycles. The van der Waals surface area contributed by atoms with Crippen LogP contribution in [0.5, 0.6) is 0 Å². The van der Waals surface area contributed by atoms with Gasteiger partial charge in [-0.15, -0.1) is 6.54 Å². The third-order valence-electron chi connectivity index (χ3n) is 6.96. The third kappa shape index (κ3) is 44.1. The van der Waals surface area contributed by atoms with Crippen LogP contribution in [-0.4, -0.2) is 36.2 Å². The van der Waals surface area contributed by atoms with E-state index in [-0.39, 0.29) is 91.5 Å². The van der Waals surface area contributed by atoms with Crippen molar-refractivity contribution in [2.45, 2.75) is 150 Å². The van der Waals surface area contributed by atoms with Gasteiger partial charge in [-0.25, -0.2) is 0 Å². The average Bonchev–Trinajstić information content (AvgIpc) is 3.71. The first-order valence-electron chi connectivity index (χ1n) is 15.2. The average molecular weight is 824 g/mol. The first kappa shape index (κ1) is 64.6. The standard InChI is InChI=1S/C14H26N.2C5H10.C3H7O.2C2H6.4CH3.2Fe.W/c1-2-15(11-13-7-3-4-8-13)12-14-9-5-6-10-14;2*1-2-4-5-3-1;1-2-3-4;2*1-2;;;;;;;/h13-14H,1-12H2;2*1-5H2;4H,1-3H2;2*1-2H3;4*1H3;;;/q-1;;;-1;;;4*-1;3*+2. The maximum Gasteiger partial charge on any atom is 2.00 e. The Kier molecular flexibility index (Phi) is 91.1. The largest absolute Gasteiger partial charge is 2.00 e. The second-order valence-corrected chi connectivity index (χ2v) is 9.67. The molecule has 0 bridgehead atoms. The molecule has 0 spiro atoms. The van der Waals surface area contributed by atoms with E-state index in [0.29, 0.717) is 6.42 Å². The van der Waals surface area contributed by atoms with Crippen LogP contribution >= 0.6 is 0 Å². The summed E-state index contributed by atoms with van der Waals surface area (Å²) in [6.45, 7) is 19.3. The van der Waals surface area contributed by atoms with E-state index in [2.05, 4.69) is 18.7 Å². The molecule has 5 heteroatoms. The van der Waals surface area contributed by atoms with E-state index >= 15 is 0 Å². The zero-order chi connectivity index (χ0) is 25.0. The molecule has 0 unspecified atom stereocenters. The summed E-state index contributed by atoms with van der Waals surface area (Å²) >= 11 is 0. The summed E-state index contributed by atoms with van der Waals surface area (Å²) in [4.78, 5) is 2.62. The van der Waals surface area contributed by atoms with Gasteiger partial charge in [0.25, 0.3) is 0 Å². The Morgan fingerprint density at radius 2 is 0.725 bits per heavy atom. The fourth-order valence-corrected chi connectivity index (χ4v) is 5.14. The minimum atomic E-state index is 0. The predicted molar refractivity (Wildman–Crippen MR) is 177 cm³/mol. The molecule has 0 saturated heterocycles. The summed E-state index contributed by atoms with van der Waals surface area (Å²) < 4.78 is 0. The van der Waals surface area contributed by atoms with Crippen LogP contribution in [0.4, 0.5) is 0 Å². The molecule has 0 aromatic carbocycles. The van der Waals surface area contributed by atoms with Crippen LogP contribution in [0.1, 0.15) is 150 Å². The molecule has 40 heavy (non-hydrogen) atoms. The van der Waals surface area contributed by atoms with Gasteiger partial charge in [0.2, 0.25) is 0 Å². The first-order valence-corrected chi connectivity index (χ1v) is 15.2. The number of nitrogens with zero attached hydrogens (tertiary/aromatic N) is 1. The SMILES string of the molecule is C1CCCC1.C1CCCC1.CC.CC.[CH2-]CCO.[CH2-]CN(CC1CCCC1)CC1CCCC1.[CH3-].[CH3-].[CH3-].[CH3-].[Fe+2].[Fe+2].[W+2]. The number of rotatable bonds is 6. The molecule has 250 valence electrons. The van der Waals surface area contributed by atoms with Gasteiger partial charge >= 0.3 is 55.2 Å². The fraction of sp³-hybridized carbons (Fsp3) is 0.829. The molecule has 0 radical (unpaired) electrons. The molecule has 4 rings (SSSR count). The van der Waals surface area contributed by atoms with E-state index in [1.165, 1.54) is 129 Å². The van der Waals surface area contributed by atoms with Crippen molar-refractivity contribution >= 4 is 0 Å². The van der Waals surface area contributed by atoms with Gasteiger partial charge in [-0.3, -0.25) is 0 Å². The molecule has 4 aliphatic carbocycles. The first-order chi connectivity index (χ1) is 16.3. The van der Waals surface area contributed by atoms with Crippen molar-refractivity contribution in [2.75, 3.05) is 26.2 Å². The minimum absolute atomic E-state index is 0. The van der Waals surface area contributed by atoms with Crippen LogP contribution in [0.15, 0.2) is 0 Å². The molecule has 0 heterocycles. The van der Waals surface area contributed by atoms with E-state index in [0.717, 1.165) is 18.4 Å². The smallest absolute Gasteiger partial charge is 0.399 e. The maximum absolute atomic E-state index is 7.81. The summed E-state index contributed by atoms with van der Waals surface area (Å²) in [6.07, 6.45) is 27.4. The fourth-order valence-electron chi connectivity index (χ4n) is 5.14. The Morgan fingerprint density at radius 3 is 0.875 bits per heavy atom. The van der Waals surface area contributed by atoms with Gasteiger partial charge in [-0.05, 0) is 50.6 Å². The molecule has 0 amide bonds. The normalized spacial score (nSPS) is 16.2. The quantitative estimate of drug-likeness (QED) is 0.213. The van der Waals surface area contributed by atoms with Crippen molar-refractivity contribution < 1.29 is 60.3 Å².